The minimum atomic E-state index is -4.41. The predicted molar refractivity (Wildman–Crippen MR) is 225 cm³/mol. The molecule has 60 heavy (non-hydrogen) atoms. The maximum Gasteiger partial charge on any atom is 0.399 e. The van der Waals surface area contributed by atoms with Crippen molar-refractivity contribution in [3.05, 3.63) is 56.6 Å². The molecule has 0 aliphatic carbocycles. The summed E-state index contributed by atoms with van der Waals surface area (Å²) < 4.78 is 75.6. The SMILES string of the molecule is C.C1CCOC1.CN1CCN(CCOc2cc(N)ccc2[N+](=O)[O-])CC1.COS(=O)(=O)OC.COS(=O)(=O)[O-].C[N+]1(C)CCN(CCOc2cc(N)ccc2[N+](=O)[O-])CC1. The van der Waals surface area contributed by atoms with Gasteiger partial charge in [-0.3, -0.25) is 42.6 Å². The molecule has 0 aromatic heterocycles. The van der Waals surface area contributed by atoms with E-state index < -0.39 is 30.6 Å². The third kappa shape index (κ3) is 24.9. The third-order valence-corrected chi connectivity index (χ3v) is 9.99. The van der Waals surface area contributed by atoms with Crippen LogP contribution < -0.4 is 20.9 Å². The lowest BCUT2D eigenvalue weighted by atomic mass is 10.2. The van der Waals surface area contributed by atoms with E-state index in [-0.39, 0.29) is 30.3 Å². The summed E-state index contributed by atoms with van der Waals surface area (Å²) >= 11 is 0. The summed E-state index contributed by atoms with van der Waals surface area (Å²) in [6.07, 6.45) is 2.56. The van der Waals surface area contributed by atoms with Crippen LogP contribution in [-0.4, -0.2) is 185 Å². The van der Waals surface area contributed by atoms with Gasteiger partial charge in [-0.25, -0.2) is 8.42 Å². The zero-order valence-electron chi connectivity index (χ0n) is 34.6. The van der Waals surface area contributed by atoms with Crippen molar-refractivity contribution < 1.29 is 62.5 Å². The fourth-order valence-electron chi connectivity index (χ4n) is 5.09. The molecule has 3 heterocycles. The Morgan fingerprint density at radius 3 is 1.40 bits per heavy atom. The molecule has 346 valence electrons. The Morgan fingerprint density at radius 1 is 0.717 bits per heavy atom. The molecule has 4 N–H and O–H groups in total. The molecule has 2 aromatic carbocycles. The second kappa shape index (κ2) is 28.5. The van der Waals surface area contributed by atoms with Gasteiger partial charge in [0, 0.05) is 101 Å². The van der Waals surface area contributed by atoms with Gasteiger partial charge < -0.3 is 39.6 Å². The maximum atomic E-state index is 10.9. The molecule has 3 fully saturated rings. The van der Waals surface area contributed by atoms with E-state index in [0.29, 0.717) is 24.6 Å². The Morgan fingerprint density at radius 2 is 1.10 bits per heavy atom. The largest absolute Gasteiger partial charge is 0.726 e. The molecule has 0 atom stereocenters. The van der Waals surface area contributed by atoms with Crippen LogP contribution in [0.25, 0.3) is 0 Å². The van der Waals surface area contributed by atoms with Gasteiger partial charge in [0.05, 0.1) is 58.4 Å². The Hall–Kier alpha value is -4.02. The zero-order valence-corrected chi connectivity index (χ0v) is 36.2. The van der Waals surface area contributed by atoms with Gasteiger partial charge in [-0.05, 0) is 32.0 Å². The first-order chi connectivity index (χ1) is 27.6. The number of quaternary nitrogens is 1. The van der Waals surface area contributed by atoms with Crippen molar-refractivity contribution in [3.63, 3.8) is 0 Å². The number of hydrogen-bond acceptors (Lipinski definition) is 20. The highest BCUT2D eigenvalue weighted by molar-refractivity contribution is 7.81. The first-order valence-corrected chi connectivity index (χ1v) is 21.0. The normalized spacial score (nSPS) is 16.6. The number of benzene rings is 2. The lowest BCUT2D eigenvalue weighted by Gasteiger charge is -2.38. The first-order valence-electron chi connectivity index (χ1n) is 18.4. The van der Waals surface area contributed by atoms with Crippen molar-refractivity contribution >= 4 is 43.5 Å². The van der Waals surface area contributed by atoms with Gasteiger partial charge in [-0.15, -0.1) is 0 Å². The molecule has 23 nitrogen and oxygen atoms in total. The van der Waals surface area contributed by atoms with E-state index in [1.807, 2.05) is 0 Å². The van der Waals surface area contributed by atoms with Gasteiger partial charge in [0.1, 0.15) is 13.2 Å². The third-order valence-electron chi connectivity index (χ3n) is 8.77. The Bertz CT molecular complexity index is 1750. The molecule has 2 aromatic rings. The number of nitro groups is 2. The molecular formula is C35H64N8O15S2. The Kier molecular flexibility index (Phi) is 26.6. The summed E-state index contributed by atoms with van der Waals surface area (Å²) in [7, 11) is 1.35. The minimum Gasteiger partial charge on any atom is -0.726 e. The van der Waals surface area contributed by atoms with E-state index in [2.05, 4.69) is 48.4 Å². The molecule has 0 unspecified atom stereocenters. The average Bonchev–Trinajstić information content (AvgIpc) is 3.78. The van der Waals surface area contributed by atoms with Crippen molar-refractivity contribution in [2.24, 2.45) is 0 Å². The van der Waals surface area contributed by atoms with Crippen molar-refractivity contribution in [1.82, 2.24) is 14.7 Å². The van der Waals surface area contributed by atoms with Crippen LogP contribution in [0.4, 0.5) is 22.7 Å². The molecule has 3 aliphatic rings. The molecule has 0 radical (unpaired) electrons. The van der Waals surface area contributed by atoms with Gasteiger partial charge >= 0.3 is 21.8 Å². The van der Waals surface area contributed by atoms with Crippen LogP contribution >= 0.6 is 0 Å². The van der Waals surface area contributed by atoms with E-state index in [0.717, 1.165) is 104 Å². The summed E-state index contributed by atoms with van der Waals surface area (Å²) in [5.74, 6) is 0.484. The number of piperazine rings is 2. The monoisotopic (exact) mass is 900 g/mol. The average molecular weight is 901 g/mol. The fraction of sp³-hybridized carbons (Fsp3) is 0.657. The van der Waals surface area contributed by atoms with Crippen LogP contribution in [0, 0.1) is 20.2 Å². The number of likely N-dealkylation sites (N-methyl/N-ethyl adjacent to an activating group) is 2. The van der Waals surface area contributed by atoms with E-state index in [1.165, 1.54) is 49.2 Å². The highest BCUT2D eigenvalue weighted by atomic mass is 32.3. The van der Waals surface area contributed by atoms with Crippen LogP contribution in [0.15, 0.2) is 36.4 Å². The number of nitrogens with two attached hydrogens (primary N) is 2. The molecular weight excluding hydrogens is 837 g/mol. The van der Waals surface area contributed by atoms with E-state index in [1.54, 1.807) is 0 Å². The van der Waals surface area contributed by atoms with Crippen molar-refractivity contribution in [3.8, 4) is 11.5 Å². The molecule has 5 rings (SSSR count). The van der Waals surface area contributed by atoms with E-state index in [9.17, 15) is 41.6 Å². The second-order valence-corrected chi connectivity index (χ2v) is 16.3. The van der Waals surface area contributed by atoms with Crippen LogP contribution in [0.3, 0.4) is 0 Å². The summed E-state index contributed by atoms with van der Waals surface area (Å²) in [5.41, 5.74) is 12.1. The van der Waals surface area contributed by atoms with Gasteiger partial charge in [-0.2, -0.15) is 8.42 Å². The first kappa shape index (κ1) is 56.0. The van der Waals surface area contributed by atoms with Crippen molar-refractivity contribution in [1.29, 1.82) is 0 Å². The molecule has 0 bridgehead atoms. The molecule has 25 heteroatoms. The van der Waals surface area contributed by atoms with Gasteiger partial charge in [0.15, 0.2) is 11.5 Å². The number of nitro benzene ring substituents is 2. The number of nitrogen functional groups attached to an aromatic ring is 2. The number of rotatable bonds is 13. The Labute approximate surface area is 354 Å². The summed E-state index contributed by atoms with van der Waals surface area (Å²) in [6.45, 7) is 12.7. The molecule has 0 saturated carbocycles. The number of ether oxygens (including phenoxy) is 3. The van der Waals surface area contributed by atoms with Gasteiger partial charge in [0.2, 0.25) is 10.4 Å². The lowest BCUT2D eigenvalue weighted by Crippen LogP contribution is -2.55. The topological polar surface area (TPSA) is 295 Å². The van der Waals surface area contributed by atoms with Gasteiger partial charge in [-0.1, -0.05) is 7.43 Å². The van der Waals surface area contributed by atoms with Crippen LogP contribution in [0.5, 0.6) is 11.5 Å². The maximum absolute atomic E-state index is 10.9. The van der Waals surface area contributed by atoms with Crippen molar-refractivity contribution in [2.75, 3.05) is 146 Å². The number of nitrogens with zero attached hydrogens (tertiary/aromatic N) is 6. The standard InChI is InChI=1S/C14H23N4O3.C13H20N4O3.C4H8O.C2H6O4S.CH4O4S.CH4/c1-18(2)8-5-16(6-9-18)7-10-21-14-11-12(15)3-4-13(14)17(19)20;1-15-4-6-16(7-5-15)8-9-20-13-10-11(14)2-3-12(13)17(18)19;1-2-4-5-3-1;1-5-7(3,4)6-2;1-5-6(2,3)4;/h3-4,11H,5-10,15H2,1-2H3;2-3,10H,4-9,14H2,1H3;1-4H2;1-2H3;1H3,(H,2,3,4);1H4/q+1;;;;;/p-1. The summed E-state index contributed by atoms with van der Waals surface area (Å²) in [6, 6.07) is 8.78. The van der Waals surface area contributed by atoms with Crippen molar-refractivity contribution in [2.45, 2.75) is 20.3 Å². The minimum absolute atomic E-state index is 0. The van der Waals surface area contributed by atoms with Gasteiger partial charge in [0.25, 0.3) is 0 Å². The number of anilines is 2. The highest BCUT2D eigenvalue weighted by Crippen LogP contribution is 2.30. The van der Waals surface area contributed by atoms with E-state index in [4.69, 9.17) is 25.7 Å². The van der Waals surface area contributed by atoms with E-state index >= 15 is 0 Å². The number of hydrogen-bond donors (Lipinski definition) is 2. The molecule has 3 aliphatic heterocycles. The summed E-state index contributed by atoms with van der Waals surface area (Å²) in [5, 5.41) is 21.8. The molecule has 3 saturated heterocycles. The predicted octanol–water partition coefficient (Wildman–Crippen LogP) is 1.80. The summed E-state index contributed by atoms with van der Waals surface area (Å²) in [4.78, 5) is 27.8. The van der Waals surface area contributed by atoms with Crippen LogP contribution in [0.2, 0.25) is 0 Å². The second-order valence-electron chi connectivity index (χ2n) is 13.7. The quantitative estimate of drug-likeness (QED) is 0.0723. The smallest absolute Gasteiger partial charge is 0.399 e. The fourth-order valence-corrected chi connectivity index (χ4v) is 5.22. The molecule has 0 spiro atoms. The Balaban J connectivity index is 0.000000818. The lowest BCUT2D eigenvalue weighted by molar-refractivity contribution is -0.894. The van der Waals surface area contributed by atoms with Crippen LogP contribution in [0.1, 0.15) is 20.3 Å². The molecule has 0 amide bonds. The van der Waals surface area contributed by atoms with Crippen LogP contribution in [-0.2, 0) is 38.1 Å². The highest BCUT2D eigenvalue weighted by Gasteiger charge is 2.24. The zero-order chi connectivity index (χ0) is 44.6.